The number of carbonyl (C=O) groups is 1. The largest absolute Gasteiger partial charge is 0.369 e. The van der Waals surface area contributed by atoms with Crippen LogP contribution in [0.3, 0.4) is 0 Å². The van der Waals surface area contributed by atoms with Crippen molar-refractivity contribution >= 4 is 22.8 Å². The van der Waals surface area contributed by atoms with Crippen LogP contribution >= 0.6 is 11.8 Å². The first kappa shape index (κ1) is 22.6. The highest BCUT2D eigenvalue weighted by Gasteiger charge is 2.50. The molecule has 5 rings (SSSR count). The van der Waals surface area contributed by atoms with E-state index in [1.165, 1.54) is 30.0 Å². The molecule has 2 aliphatic rings. The molecule has 2 aliphatic heterocycles. The lowest BCUT2D eigenvalue weighted by molar-refractivity contribution is -0.0607. The molecule has 0 saturated carbocycles. The first-order valence-corrected chi connectivity index (χ1v) is 11.7. The zero-order valence-electron chi connectivity index (χ0n) is 17.9. The number of thioether (sulfide) groups is 1. The molecule has 0 unspecified atom stereocenters. The maximum atomic E-state index is 15.0. The molecule has 1 saturated heterocycles. The third-order valence-electron chi connectivity index (χ3n) is 6.13. The normalized spacial score (nSPS) is 24.1. The smallest absolute Gasteiger partial charge is 0.257 e. The van der Waals surface area contributed by atoms with Crippen molar-refractivity contribution in [3.05, 3.63) is 101 Å². The average molecular weight is 484 g/mol. The number of ether oxygens (including phenoxy) is 1. The van der Waals surface area contributed by atoms with Crippen LogP contribution in [0, 0.1) is 23.4 Å². The minimum Gasteiger partial charge on any atom is -0.369 e. The van der Waals surface area contributed by atoms with Crippen LogP contribution in [0.1, 0.15) is 34.1 Å². The zero-order chi connectivity index (χ0) is 23.7. The lowest BCUT2D eigenvalue weighted by Gasteiger charge is -2.46. The van der Waals surface area contributed by atoms with Gasteiger partial charge >= 0.3 is 0 Å². The van der Waals surface area contributed by atoms with E-state index in [0.717, 1.165) is 12.3 Å². The number of pyridine rings is 1. The molecule has 3 heterocycles. The van der Waals surface area contributed by atoms with Gasteiger partial charge in [-0.1, -0.05) is 36.0 Å². The number of nitrogens with one attached hydrogen (secondary N) is 1. The molecule has 0 bridgehead atoms. The first-order valence-electron chi connectivity index (χ1n) is 10.7. The number of amidine groups is 1. The second-order valence-corrected chi connectivity index (χ2v) is 9.24. The van der Waals surface area contributed by atoms with Crippen LogP contribution in [0.5, 0.6) is 0 Å². The highest BCUT2D eigenvalue weighted by Crippen LogP contribution is 2.49. The quantitative estimate of drug-likeness (QED) is 0.569. The predicted molar refractivity (Wildman–Crippen MR) is 123 cm³/mol. The van der Waals surface area contributed by atoms with Crippen LogP contribution in [0.15, 0.2) is 71.9 Å². The number of aromatic nitrogens is 1. The van der Waals surface area contributed by atoms with Gasteiger partial charge in [0.15, 0.2) is 5.17 Å². The van der Waals surface area contributed by atoms with Gasteiger partial charge in [0.25, 0.3) is 5.91 Å². The van der Waals surface area contributed by atoms with E-state index < -0.39 is 29.1 Å². The number of amides is 1. The Labute approximate surface area is 198 Å². The number of aliphatic imine (C=N–C) groups is 1. The fraction of sp³-hybridized carbons (Fsp3) is 0.240. The van der Waals surface area contributed by atoms with Gasteiger partial charge in [-0.15, -0.1) is 0 Å². The van der Waals surface area contributed by atoms with Gasteiger partial charge in [0.05, 0.1) is 24.6 Å². The Morgan fingerprint density at radius 2 is 1.85 bits per heavy atom. The van der Waals surface area contributed by atoms with Gasteiger partial charge in [-0.2, -0.15) is 0 Å². The summed E-state index contributed by atoms with van der Waals surface area (Å²) in [4.78, 5) is 21.6. The standard InChI is InChI=1S/C25H20F3N3O2S/c26-17-6-8-19(20(28)11-17)25-14-33-22(21-9-7-18(27)12-29-21)10-16(25)13-34-24(31-25)30-23(32)15-4-2-1-3-5-15/h1-9,11-12,16,22H,10,13-14H2,(H,30,31,32)/t16-,22+,25-/m0/s1. The van der Waals surface area contributed by atoms with Crippen molar-refractivity contribution in [2.75, 3.05) is 12.4 Å². The number of carbonyl (C=O) groups excluding carboxylic acids is 1. The second-order valence-electron chi connectivity index (χ2n) is 8.23. The Morgan fingerprint density at radius 1 is 1.06 bits per heavy atom. The van der Waals surface area contributed by atoms with E-state index in [1.54, 1.807) is 30.3 Å². The van der Waals surface area contributed by atoms with Crippen molar-refractivity contribution in [3.8, 4) is 0 Å². The predicted octanol–water partition coefficient (Wildman–Crippen LogP) is 5.00. The number of benzene rings is 2. The van der Waals surface area contributed by atoms with Crippen LogP contribution in [0.4, 0.5) is 13.2 Å². The third kappa shape index (κ3) is 4.33. The number of hydrogen-bond acceptors (Lipinski definition) is 5. The van der Waals surface area contributed by atoms with Crippen LogP contribution < -0.4 is 5.32 Å². The molecule has 0 radical (unpaired) electrons. The molecule has 2 aromatic carbocycles. The fourth-order valence-corrected chi connectivity index (χ4v) is 5.56. The summed E-state index contributed by atoms with van der Waals surface area (Å²) in [5, 5.41) is 3.15. The molecular weight excluding hydrogens is 463 g/mol. The minimum atomic E-state index is -1.15. The van der Waals surface area contributed by atoms with Crippen LogP contribution in [0.25, 0.3) is 0 Å². The van der Waals surface area contributed by atoms with Gasteiger partial charge in [-0.25, -0.2) is 18.2 Å². The van der Waals surface area contributed by atoms with Gasteiger partial charge < -0.3 is 10.1 Å². The monoisotopic (exact) mass is 483 g/mol. The Morgan fingerprint density at radius 3 is 2.59 bits per heavy atom. The lowest BCUT2D eigenvalue weighted by atomic mass is 9.74. The van der Waals surface area contributed by atoms with Gasteiger partial charge in [0.1, 0.15) is 23.0 Å². The molecule has 9 heteroatoms. The molecule has 174 valence electrons. The van der Waals surface area contributed by atoms with Crippen molar-refractivity contribution in [3.63, 3.8) is 0 Å². The molecule has 1 aromatic heterocycles. The Bertz CT molecular complexity index is 1240. The summed E-state index contributed by atoms with van der Waals surface area (Å²) >= 11 is 1.36. The highest BCUT2D eigenvalue weighted by molar-refractivity contribution is 8.13. The van der Waals surface area contributed by atoms with Crippen molar-refractivity contribution < 1.29 is 22.7 Å². The van der Waals surface area contributed by atoms with Gasteiger partial charge in [-0.3, -0.25) is 9.78 Å². The van der Waals surface area contributed by atoms with E-state index in [9.17, 15) is 13.6 Å². The minimum absolute atomic E-state index is 0.00475. The first-order chi connectivity index (χ1) is 16.4. The summed E-state index contributed by atoms with van der Waals surface area (Å²) in [7, 11) is 0. The van der Waals surface area contributed by atoms with E-state index >= 15 is 4.39 Å². The fourth-order valence-electron chi connectivity index (χ4n) is 4.39. The molecule has 34 heavy (non-hydrogen) atoms. The lowest BCUT2D eigenvalue weighted by Crippen LogP contribution is -2.49. The number of rotatable bonds is 3. The van der Waals surface area contributed by atoms with Crippen LogP contribution in [-0.2, 0) is 10.3 Å². The van der Waals surface area contributed by atoms with E-state index in [1.807, 2.05) is 6.07 Å². The summed E-state index contributed by atoms with van der Waals surface area (Å²) < 4.78 is 48.1. The molecule has 5 nitrogen and oxygen atoms in total. The Hall–Kier alpha value is -3.17. The van der Waals surface area contributed by atoms with E-state index in [4.69, 9.17) is 9.73 Å². The van der Waals surface area contributed by atoms with E-state index in [-0.39, 0.29) is 24.0 Å². The Balaban J connectivity index is 1.49. The zero-order valence-corrected chi connectivity index (χ0v) is 18.7. The summed E-state index contributed by atoms with van der Waals surface area (Å²) in [5.41, 5.74) is 0.0963. The van der Waals surface area contributed by atoms with Crippen LogP contribution in [-0.4, -0.2) is 28.4 Å². The molecular formula is C25H20F3N3O2S. The molecule has 0 spiro atoms. The molecule has 1 fully saturated rings. The summed E-state index contributed by atoms with van der Waals surface area (Å²) in [6, 6.07) is 15.0. The number of halogens is 3. The third-order valence-corrected chi connectivity index (χ3v) is 7.17. The molecule has 0 aliphatic carbocycles. The van der Waals surface area contributed by atoms with Gasteiger partial charge in [0, 0.05) is 28.9 Å². The number of fused-ring (bicyclic) bond motifs is 1. The summed E-state index contributed by atoms with van der Waals surface area (Å²) in [6.07, 6.45) is 1.16. The molecule has 3 aromatic rings. The summed E-state index contributed by atoms with van der Waals surface area (Å²) in [6.45, 7) is -0.00475. The Kier molecular flexibility index (Phi) is 6.14. The highest BCUT2D eigenvalue weighted by atomic mass is 32.2. The van der Waals surface area contributed by atoms with Crippen molar-refractivity contribution in [2.24, 2.45) is 10.9 Å². The van der Waals surface area contributed by atoms with Crippen molar-refractivity contribution in [1.29, 1.82) is 0 Å². The van der Waals surface area contributed by atoms with Crippen LogP contribution in [0.2, 0.25) is 0 Å². The number of hydrogen-bond donors (Lipinski definition) is 1. The molecule has 1 amide bonds. The van der Waals surface area contributed by atoms with E-state index in [2.05, 4.69) is 10.3 Å². The second kappa shape index (κ2) is 9.23. The topological polar surface area (TPSA) is 63.6 Å². The number of nitrogens with zero attached hydrogens (tertiary/aromatic N) is 2. The maximum absolute atomic E-state index is 15.0. The van der Waals surface area contributed by atoms with Gasteiger partial charge in [0.2, 0.25) is 0 Å². The maximum Gasteiger partial charge on any atom is 0.257 e. The summed E-state index contributed by atoms with van der Waals surface area (Å²) in [5.74, 6) is -1.86. The van der Waals surface area contributed by atoms with E-state index in [0.29, 0.717) is 28.6 Å². The molecule has 3 atom stereocenters. The van der Waals surface area contributed by atoms with Crippen molar-refractivity contribution in [1.82, 2.24) is 10.3 Å². The SMILES string of the molecule is O=C(NC1=N[C@@]2(c3ccc(F)cc3F)CO[C@@H](c3ccc(F)cn3)C[C@H]2CS1)c1ccccc1. The van der Waals surface area contributed by atoms with Gasteiger partial charge in [-0.05, 0) is 36.8 Å². The molecule has 1 N–H and O–H groups in total. The average Bonchev–Trinajstić information content (AvgIpc) is 2.84. The van der Waals surface area contributed by atoms with Crippen molar-refractivity contribution in [2.45, 2.75) is 18.1 Å².